The number of rotatable bonds is 2. The lowest BCUT2D eigenvalue weighted by Gasteiger charge is -2.22. The average Bonchev–Trinajstić information content (AvgIpc) is 1.91. The van der Waals surface area contributed by atoms with Crippen LogP contribution in [-0.4, -0.2) is 25.7 Å². The first-order valence-electron chi connectivity index (χ1n) is 3.87. The van der Waals surface area contributed by atoms with Crippen molar-refractivity contribution in [2.45, 2.75) is 25.8 Å². The van der Waals surface area contributed by atoms with Gasteiger partial charge in [-0.1, -0.05) is 6.92 Å². The molecule has 1 heterocycles. The summed E-state index contributed by atoms with van der Waals surface area (Å²) in [5.41, 5.74) is 0. The van der Waals surface area contributed by atoms with Crippen molar-refractivity contribution in [3.8, 4) is 0 Å². The third-order valence-corrected chi connectivity index (χ3v) is 1.79. The van der Waals surface area contributed by atoms with Crippen molar-refractivity contribution >= 4 is 0 Å². The van der Waals surface area contributed by atoms with E-state index >= 15 is 0 Å². The molecule has 1 rings (SSSR count). The van der Waals surface area contributed by atoms with Gasteiger partial charge >= 0.3 is 0 Å². The first-order chi connectivity index (χ1) is 4.43. The minimum absolute atomic E-state index is 0.740. The predicted molar refractivity (Wildman–Crippen MR) is 39.6 cm³/mol. The molecule has 0 unspecified atom stereocenters. The molecule has 0 aromatic carbocycles. The fourth-order valence-electron chi connectivity index (χ4n) is 1.31. The molecule has 0 bridgehead atoms. The van der Waals surface area contributed by atoms with Crippen molar-refractivity contribution in [1.82, 2.24) is 10.6 Å². The molecule has 0 radical (unpaired) electrons. The van der Waals surface area contributed by atoms with Crippen LogP contribution in [0.5, 0.6) is 0 Å². The number of hydrogen-bond donors (Lipinski definition) is 2. The highest BCUT2D eigenvalue weighted by Crippen LogP contribution is 1.99. The van der Waals surface area contributed by atoms with E-state index in [1.54, 1.807) is 0 Å². The quantitative estimate of drug-likeness (QED) is 0.560. The first kappa shape index (κ1) is 7.03. The van der Waals surface area contributed by atoms with Crippen LogP contribution in [0.3, 0.4) is 0 Å². The van der Waals surface area contributed by atoms with E-state index in [9.17, 15) is 0 Å². The standard InChI is InChI=1S/C7H16N2/c1-2-9-7-4-3-5-8-6-7/h7-9H,2-6H2,1H3/t7-/m0/s1. The zero-order chi connectivity index (χ0) is 6.53. The normalized spacial score (nSPS) is 28.3. The molecule has 0 aromatic heterocycles. The molecular formula is C7H16N2. The van der Waals surface area contributed by atoms with Crippen molar-refractivity contribution in [3.63, 3.8) is 0 Å². The van der Waals surface area contributed by atoms with E-state index in [0.29, 0.717) is 0 Å². The van der Waals surface area contributed by atoms with Crippen LogP contribution in [0.25, 0.3) is 0 Å². The summed E-state index contributed by atoms with van der Waals surface area (Å²) in [6, 6.07) is 0.740. The van der Waals surface area contributed by atoms with Crippen molar-refractivity contribution in [3.05, 3.63) is 0 Å². The highest BCUT2D eigenvalue weighted by molar-refractivity contribution is 4.73. The van der Waals surface area contributed by atoms with E-state index in [0.717, 1.165) is 19.1 Å². The van der Waals surface area contributed by atoms with Gasteiger partial charge < -0.3 is 10.6 Å². The Labute approximate surface area is 57.0 Å². The maximum atomic E-state index is 3.42. The Kier molecular flexibility index (Phi) is 3.01. The highest BCUT2D eigenvalue weighted by Gasteiger charge is 2.09. The largest absolute Gasteiger partial charge is 0.315 e. The monoisotopic (exact) mass is 128 g/mol. The lowest BCUT2D eigenvalue weighted by Crippen LogP contribution is -2.42. The molecule has 0 aliphatic carbocycles. The fourth-order valence-corrected chi connectivity index (χ4v) is 1.31. The van der Waals surface area contributed by atoms with Crippen molar-refractivity contribution < 1.29 is 0 Å². The first-order valence-corrected chi connectivity index (χ1v) is 3.87. The lowest BCUT2D eigenvalue weighted by molar-refractivity contribution is 0.397. The Morgan fingerprint density at radius 2 is 2.56 bits per heavy atom. The summed E-state index contributed by atoms with van der Waals surface area (Å²) in [7, 11) is 0. The SMILES string of the molecule is CCN[C@H]1CCCNC1. The Morgan fingerprint density at radius 1 is 1.67 bits per heavy atom. The highest BCUT2D eigenvalue weighted by atomic mass is 15.0. The van der Waals surface area contributed by atoms with Crippen LogP contribution in [-0.2, 0) is 0 Å². The van der Waals surface area contributed by atoms with Crippen LogP contribution in [0.15, 0.2) is 0 Å². The molecule has 0 spiro atoms. The summed E-state index contributed by atoms with van der Waals surface area (Å²) in [5, 5.41) is 6.78. The van der Waals surface area contributed by atoms with Crippen LogP contribution in [0.1, 0.15) is 19.8 Å². The molecule has 2 N–H and O–H groups in total. The molecule has 1 saturated heterocycles. The summed E-state index contributed by atoms with van der Waals surface area (Å²) in [6.45, 7) is 5.64. The van der Waals surface area contributed by atoms with Gasteiger partial charge in [-0.25, -0.2) is 0 Å². The Hall–Kier alpha value is -0.0800. The van der Waals surface area contributed by atoms with Crippen LogP contribution < -0.4 is 10.6 Å². The third kappa shape index (κ3) is 2.33. The van der Waals surface area contributed by atoms with Crippen LogP contribution in [0.2, 0.25) is 0 Å². The van der Waals surface area contributed by atoms with E-state index in [1.165, 1.54) is 19.4 Å². The van der Waals surface area contributed by atoms with E-state index in [2.05, 4.69) is 17.6 Å². The topological polar surface area (TPSA) is 24.1 Å². The maximum absolute atomic E-state index is 3.42. The Balaban J connectivity index is 2.08. The van der Waals surface area contributed by atoms with Crippen LogP contribution >= 0.6 is 0 Å². The van der Waals surface area contributed by atoms with Gasteiger partial charge in [-0.2, -0.15) is 0 Å². The summed E-state index contributed by atoms with van der Waals surface area (Å²) in [6.07, 6.45) is 2.68. The van der Waals surface area contributed by atoms with Gasteiger partial charge in [-0.05, 0) is 25.9 Å². The summed E-state index contributed by atoms with van der Waals surface area (Å²) < 4.78 is 0. The summed E-state index contributed by atoms with van der Waals surface area (Å²) >= 11 is 0. The third-order valence-electron chi connectivity index (χ3n) is 1.79. The van der Waals surface area contributed by atoms with Gasteiger partial charge in [-0.15, -0.1) is 0 Å². The molecule has 2 heteroatoms. The fraction of sp³-hybridized carbons (Fsp3) is 1.00. The van der Waals surface area contributed by atoms with Crippen molar-refractivity contribution in [2.24, 2.45) is 0 Å². The van der Waals surface area contributed by atoms with Gasteiger partial charge in [0.05, 0.1) is 0 Å². The summed E-state index contributed by atoms with van der Waals surface area (Å²) in [4.78, 5) is 0. The lowest BCUT2D eigenvalue weighted by atomic mass is 10.1. The number of likely N-dealkylation sites (N-methyl/N-ethyl adjacent to an activating group) is 1. The molecule has 54 valence electrons. The van der Waals surface area contributed by atoms with Gasteiger partial charge in [-0.3, -0.25) is 0 Å². The van der Waals surface area contributed by atoms with Gasteiger partial charge in [0.25, 0.3) is 0 Å². The number of nitrogens with one attached hydrogen (secondary N) is 2. The molecule has 2 nitrogen and oxygen atoms in total. The predicted octanol–water partition coefficient (Wildman–Crippen LogP) is 0.348. The molecule has 0 amide bonds. The van der Waals surface area contributed by atoms with Gasteiger partial charge in [0, 0.05) is 12.6 Å². The van der Waals surface area contributed by atoms with Crippen molar-refractivity contribution in [2.75, 3.05) is 19.6 Å². The number of hydrogen-bond acceptors (Lipinski definition) is 2. The van der Waals surface area contributed by atoms with Gasteiger partial charge in [0.2, 0.25) is 0 Å². The Bertz CT molecular complexity index is 64.6. The molecule has 0 saturated carbocycles. The second-order valence-electron chi connectivity index (χ2n) is 2.60. The van der Waals surface area contributed by atoms with E-state index in [1.807, 2.05) is 0 Å². The zero-order valence-electron chi connectivity index (χ0n) is 6.11. The molecule has 0 aromatic rings. The minimum Gasteiger partial charge on any atom is -0.315 e. The van der Waals surface area contributed by atoms with E-state index in [4.69, 9.17) is 0 Å². The molecule has 1 aliphatic rings. The van der Waals surface area contributed by atoms with Gasteiger partial charge in [0.1, 0.15) is 0 Å². The molecular weight excluding hydrogens is 112 g/mol. The molecule has 9 heavy (non-hydrogen) atoms. The van der Waals surface area contributed by atoms with Crippen molar-refractivity contribution in [1.29, 1.82) is 0 Å². The number of piperidine rings is 1. The zero-order valence-corrected chi connectivity index (χ0v) is 6.11. The Morgan fingerprint density at radius 3 is 3.11 bits per heavy atom. The van der Waals surface area contributed by atoms with Gasteiger partial charge in [0.15, 0.2) is 0 Å². The smallest absolute Gasteiger partial charge is 0.0192 e. The van der Waals surface area contributed by atoms with E-state index < -0.39 is 0 Å². The average molecular weight is 128 g/mol. The second kappa shape index (κ2) is 3.85. The molecule has 1 atom stereocenters. The second-order valence-corrected chi connectivity index (χ2v) is 2.60. The van der Waals surface area contributed by atoms with E-state index in [-0.39, 0.29) is 0 Å². The summed E-state index contributed by atoms with van der Waals surface area (Å²) in [5.74, 6) is 0. The maximum Gasteiger partial charge on any atom is 0.0192 e. The molecule has 1 aliphatic heterocycles. The molecule has 1 fully saturated rings. The van der Waals surface area contributed by atoms with Crippen LogP contribution in [0, 0.1) is 0 Å². The minimum atomic E-state index is 0.740. The van der Waals surface area contributed by atoms with Crippen LogP contribution in [0.4, 0.5) is 0 Å².